The number of ketones is 1. The molecule has 0 spiro atoms. The maximum Gasteiger partial charge on any atom is 0.316 e. The van der Waals surface area contributed by atoms with Gasteiger partial charge in [0.1, 0.15) is 5.78 Å². The average molecular weight is 230 g/mol. The molecule has 0 aliphatic heterocycles. The van der Waals surface area contributed by atoms with Crippen molar-refractivity contribution in [1.82, 2.24) is 0 Å². The molecule has 0 N–H and O–H groups in total. The van der Waals surface area contributed by atoms with E-state index in [1.165, 1.54) is 11.8 Å². The van der Waals surface area contributed by atoms with E-state index in [1.807, 2.05) is 13.8 Å². The van der Waals surface area contributed by atoms with Crippen LogP contribution in [0.5, 0.6) is 0 Å². The van der Waals surface area contributed by atoms with Gasteiger partial charge in [-0.05, 0) is 26.7 Å². The number of esters is 1. The first kappa shape index (κ1) is 12.6. The van der Waals surface area contributed by atoms with Crippen LogP contribution in [0.3, 0.4) is 0 Å². The molecular formula is C11H18O3S. The Bertz CT molecular complexity index is 238. The molecule has 0 aromatic carbocycles. The summed E-state index contributed by atoms with van der Waals surface area (Å²) in [6, 6.07) is 0. The lowest BCUT2D eigenvalue weighted by Gasteiger charge is -2.09. The van der Waals surface area contributed by atoms with E-state index in [-0.39, 0.29) is 18.0 Å². The summed E-state index contributed by atoms with van der Waals surface area (Å²) in [7, 11) is 0. The summed E-state index contributed by atoms with van der Waals surface area (Å²) in [4.78, 5) is 22.5. The van der Waals surface area contributed by atoms with Gasteiger partial charge in [-0.3, -0.25) is 9.59 Å². The Balaban J connectivity index is 2.10. The number of carbonyl (C=O) groups is 2. The van der Waals surface area contributed by atoms with E-state index >= 15 is 0 Å². The molecule has 86 valence electrons. The topological polar surface area (TPSA) is 43.4 Å². The zero-order valence-electron chi connectivity index (χ0n) is 9.32. The maximum atomic E-state index is 11.3. The molecule has 3 nitrogen and oxygen atoms in total. The van der Waals surface area contributed by atoms with Gasteiger partial charge in [0.05, 0.1) is 11.9 Å². The second-order valence-electron chi connectivity index (χ2n) is 4.11. The van der Waals surface area contributed by atoms with Crippen molar-refractivity contribution in [2.24, 2.45) is 5.92 Å². The molecule has 0 radical (unpaired) electrons. The fraction of sp³-hybridized carbons (Fsp3) is 0.818. The third-order valence-corrected chi connectivity index (χ3v) is 3.42. The molecule has 0 amide bonds. The summed E-state index contributed by atoms with van der Waals surface area (Å²) in [5.41, 5.74) is 0. The minimum absolute atomic E-state index is 0.0498. The summed E-state index contributed by atoms with van der Waals surface area (Å²) in [6.07, 6.45) is 2.68. The normalized spacial score (nSPS) is 21.0. The smallest absolute Gasteiger partial charge is 0.316 e. The van der Waals surface area contributed by atoms with Gasteiger partial charge >= 0.3 is 5.97 Å². The van der Waals surface area contributed by atoms with Crippen molar-refractivity contribution in [3.63, 3.8) is 0 Å². The van der Waals surface area contributed by atoms with Crippen LogP contribution >= 0.6 is 11.8 Å². The Morgan fingerprint density at radius 2 is 2.33 bits per heavy atom. The summed E-state index contributed by atoms with van der Waals surface area (Å²) in [6.45, 7) is 3.67. The van der Waals surface area contributed by atoms with Crippen LogP contribution in [0.15, 0.2) is 0 Å². The number of hydrogen-bond acceptors (Lipinski definition) is 4. The number of Topliss-reactive ketones (excluding diaryl/α,β-unsaturated/α-hetero) is 1. The summed E-state index contributed by atoms with van der Waals surface area (Å²) < 4.78 is 5.00. The third kappa shape index (κ3) is 4.69. The van der Waals surface area contributed by atoms with Gasteiger partial charge in [-0.2, -0.15) is 0 Å². The highest BCUT2D eigenvalue weighted by Crippen LogP contribution is 2.24. The second kappa shape index (κ2) is 6.16. The van der Waals surface area contributed by atoms with Gasteiger partial charge < -0.3 is 4.74 Å². The number of rotatable bonds is 5. The lowest BCUT2D eigenvalue weighted by Crippen LogP contribution is -2.15. The van der Waals surface area contributed by atoms with E-state index in [0.29, 0.717) is 11.5 Å². The molecule has 1 rings (SSSR count). The molecular weight excluding hydrogens is 212 g/mol. The third-order valence-electron chi connectivity index (χ3n) is 2.34. The number of ether oxygens (including phenoxy) is 1. The second-order valence-corrected chi connectivity index (χ2v) is 5.14. The Kier molecular flexibility index (Phi) is 5.15. The fourth-order valence-electron chi connectivity index (χ4n) is 1.65. The van der Waals surface area contributed by atoms with Crippen molar-refractivity contribution in [2.45, 2.75) is 39.2 Å². The van der Waals surface area contributed by atoms with Crippen LogP contribution in [0.25, 0.3) is 0 Å². The van der Waals surface area contributed by atoms with Gasteiger partial charge in [0, 0.05) is 18.1 Å². The van der Waals surface area contributed by atoms with Crippen LogP contribution in [0.2, 0.25) is 0 Å². The molecule has 0 heterocycles. The van der Waals surface area contributed by atoms with E-state index in [9.17, 15) is 9.59 Å². The highest BCUT2D eigenvalue weighted by atomic mass is 32.2. The molecule has 0 aromatic rings. The van der Waals surface area contributed by atoms with E-state index in [2.05, 4.69) is 0 Å². The minimum Gasteiger partial charge on any atom is -0.462 e. The van der Waals surface area contributed by atoms with Crippen LogP contribution < -0.4 is 0 Å². The highest BCUT2D eigenvalue weighted by Gasteiger charge is 2.24. The average Bonchev–Trinajstić information content (AvgIpc) is 2.50. The van der Waals surface area contributed by atoms with Crippen LogP contribution in [0.4, 0.5) is 0 Å². The van der Waals surface area contributed by atoms with Gasteiger partial charge in [-0.1, -0.05) is 0 Å². The van der Waals surface area contributed by atoms with Crippen molar-refractivity contribution in [1.29, 1.82) is 0 Å². The molecule has 15 heavy (non-hydrogen) atoms. The minimum atomic E-state index is -0.180. The zero-order valence-corrected chi connectivity index (χ0v) is 10.1. The lowest BCUT2D eigenvalue weighted by molar-refractivity contribution is -0.144. The standard InChI is InChI=1S/C11H18O3S/c1-8(2)14-11(13)7-15-6-9-4-3-5-10(9)12/h8-9H,3-7H2,1-2H3. The predicted octanol–water partition coefficient (Wildman–Crippen LogP) is 2.04. The molecule has 1 atom stereocenters. The first-order chi connectivity index (χ1) is 7.09. The van der Waals surface area contributed by atoms with Crippen molar-refractivity contribution >= 4 is 23.5 Å². The SMILES string of the molecule is CC(C)OC(=O)CSCC1CCCC1=O. The number of carbonyl (C=O) groups excluding carboxylic acids is 2. The van der Waals surface area contributed by atoms with Gasteiger partial charge in [0.15, 0.2) is 0 Å². The quantitative estimate of drug-likeness (QED) is 0.678. The first-order valence-electron chi connectivity index (χ1n) is 5.39. The van der Waals surface area contributed by atoms with Gasteiger partial charge in [-0.25, -0.2) is 0 Å². The number of hydrogen-bond donors (Lipinski definition) is 0. The largest absolute Gasteiger partial charge is 0.462 e. The van der Waals surface area contributed by atoms with Crippen molar-refractivity contribution in [3.8, 4) is 0 Å². The lowest BCUT2D eigenvalue weighted by atomic mass is 10.1. The number of thioether (sulfide) groups is 1. The molecule has 1 unspecified atom stereocenters. The van der Waals surface area contributed by atoms with Gasteiger partial charge in [-0.15, -0.1) is 11.8 Å². The monoisotopic (exact) mass is 230 g/mol. The Hall–Kier alpha value is -0.510. The predicted molar refractivity (Wildman–Crippen MR) is 60.9 cm³/mol. The van der Waals surface area contributed by atoms with Crippen LogP contribution in [0.1, 0.15) is 33.1 Å². The molecule has 1 aliphatic carbocycles. The molecule has 4 heteroatoms. The van der Waals surface area contributed by atoms with Crippen LogP contribution in [-0.4, -0.2) is 29.4 Å². The molecule has 0 bridgehead atoms. The maximum absolute atomic E-state index is 11.3. The van der Waals surface area contributed by atoms with Crippen LogP contribution in [-0.2, 0) is 14.3 Å². The molecule has 0 aromatic heterocycles. The van der Waals surface area contributed by atoms with E-state index in [0.717, 1.165) is 25.0 Å². The van der Waals surface area contributed by atoms with Gasteiger partial charge in [0.25, 0.3) is 0 Å². The Labute approximate surface area is 94.9 Å². The van der Waals surface area contributed by atoms with E-state index in [4.69, 9.17) is 4.74 Å². The Morgan fingerprint density at radius 3 is 2.87 bits per heavy atom. The van der Waals surface area contributed by atoms with E-state index < -0.39 is 0 Å². The molecule has 1 saturated carbocycles. The van der Waals surface area contributed by atoms with Crippen molar-refractivity contribution < 1.29 is 14.3 Å². The molecule has 1 aliphatic rings. The summed E-state index contributed by atoms with van der Waals surface area (Å²) in [5.74, 6) is 1.50. The van der Waals surface area contributed by atoms with Crippen molar-refractivity contribution in [2.75, 3.05) is 11.5 Å². The summed E-state index contributed by atoms with van der Waals surface area (Å²) >= 11 is 1.51. The van der Waals surface area contributed by atoms with Gasteiger partial charge in [0.2, 0.25) is 0 Å². The zero-order chi connectivity index (χ0) is 11.3. The Morgan fingerprint density at radius 1 is 1.60 bits per heavy atom. The van der Waals surface area contributed by atoms with Crippen LogP contribution in [0, 0.1) is 5.92 Å². The summed E-state index contributed by atoms with van der Waals surface area (Å²) in [5, 5.41) is 0. The highest BCUT2D eigenvalue weighted by molar-refractivity contribution is 7.99. The van der Waals surface area contributed by atoms with E-state index in [1.54, 1.807) is 0 Å². The first-order valence-corrected chi connectivity index (χ1v) is 6.55. The van der Waals surface area contributed by atoms with Crippen molar-refractivity contribution in [3.05, 3.63) is 0 Å². The fourth-order valence-corrected chi connectivity index (χ4v) is 2.64. The molecule has 1 fully saturated rings. The molecule has 0 saturated heterocycles.